The number of nitrogens with one attached hydrogen (secondary N) is 1. The Balaban J connectivity index is 1.45. The average Bonchev–Trinajstić information content (AvgIpc) is 3.33. The zero-order valence-electron chi connectivity index (χ0n) is 19.4. The molecular weight excluding hydrogens is 471 g/mol. The van der Waals surface area contributed by atoms with Gasteiger partial charge in [-0.2, -0.15) is 9.97 Å². The fourth-order valence-electron chi connectivity index (χ4n) is 3.86. The first-order valence-corrected chi connectivity index (χ1v) is 12.5. The summed E-state index contributed by atoms with van der Waals surface area (Å²) < 4.78 is 47.9. The van der Waals surface area contributed by atoms with Gasteiger partial charge in [0.1, 0.15) is 18.4 Å². The van der Waals surface area contributed by atoms with Gasteiger partial charge in [0.15, 0.2) is 11.2 Å². The average molecular weight is 500 g/mol. The zero-order valence-corrected chi connectivity index (χ0v) is 20.3. The molecule has 4 rings (SSSR count). The largest absolute Gasteiger partial charge is 0.476 e. The van der Waals surface area contributed by atoms with Crippen molar-refractivity contribution >= 4 is 31.0 Å². The number of nitrogens with zero attached hydrogens (tertiary/aromatic N) is 4. The van der Waals surface area contributed by atoms with Gasteiger partial charge in [-0.25, -0.2) is 14.3 Å². The van der Waals surface area contributed by atoms with E-state index in [4.69, 9.17) is 33.5 Å². The van der Waals surface area contributed by atoms with E-state index in [-0.39, 0.29) is 37.6 Å². The molecular formula is C19H29N6O8P. The molecule has 3 N–H and O–H groups in total. The molecule has 2 aromatic heterocycles. The Kier molecular flexibility index (Phi) is 7.24. The van der Waals surface area contributed by atoms with Crippen LogP contribution in [0.3, 0.4) is 0 Å². The minimum atomic E-state index is -3.87. The summed E-state index contributed by atoms with van der Waals surface area (Å²) in [5.74, 6) is 0.0729. The first-order valence-electron chi connectivity index (χ1n) is 11.0. The molecule has 0 bridgehead atoms. The fraction of sp³-hybridized carbons (Fsp3) is 0.684. The van der Waals surface area contributed by atoms with Crippen LogP contribution in [0, 0.1) is 5.92 Å². The molecule has 2 aliphatic heterocycles. The smallest absolute Gasteiger partial charge is 0.475 e. The van der Waals surface area contributed by atoms with E-state index in [9.17, 15) is 9.36 Å². The number of imidazole rings is 1. The molecule has 0 radical (unpaired) electrons. The third-order valence-corrected chi connectivity index (χ3v) is 6.81. The Morgan fingerprint density at radius 1 is 1.38 bits per heavy atom. The minimum absolute atomic E-state index is 0.0103. The number of alkyl carbamates (subject to hydrolysis) is 1. The third kappa shape index (κ3) is 4.96. The second-order valence-electron chi connectivity index (χ2n) is 7.94. The number of phosphoric acid groups is 1. The topological polar surface area (TPSA) is 171 Å². The lowest BCUT2D eigenvalue weighted by atomic mass is 10.0. The van der Waals surface area contributed by atoms with Crippen molar-refractivity contribution in [2.45, 2.75) is 52.2 Å². The summed E-state index contributed by atoms with van der Waals surface area (Å²) in [5, 5.41) is 2.57. The number of anilines is 1. The van der Waals surface area contributed by atoms with Crippen LogP contribution >= 0.6 is 7.82 Å². The van der Waals surface area contributed by atoms with Crippen LogP contribution in [-0.4, -0.2) is 70.3 Å². The van der Waals surface area contributed by atoms with Gasteiger partial charge in [0, 0.05) is 5.92 Å². The molecule has 188 valence electrons. The summed E-state index contributed by atoms with van der Waals surface area (Å²) in [4.78, 5) is 24.3. The lowest BCUT2D eigenvalue weighted by Crippen LogP contribution is -2.38. The number of rotatable bonds is 8. The summed E-state index contributed by atoms with van der Waals surface area (Å²) in [6, 6.07) is -0.471. The quantitative estimate of drug-likeness (QED) is 0.506. The predicted octanol–water partition coefficient (Wildman–Crippen LogP) is 2.02. The van der Waals surface area contributed by atoms with Gasteiger partial charge in [0.2, 0.25) is 11.8 Å². The van der Waals surface area contributed by atoms with Crippen LogP contribution in [0.5, 0.6) is 5.88 Å². The molecule has 0 spiro atoms. The summed E-state index contributed by atoms with van der Waals surface area (Å²) in [7, 11) is -3.87. The van der Waals surface area contributed by atoms with Crippen molar-refractivity contribution in [2.24, 2.45) is 5.92 Å². The first kappa shape index (κ1) is 24.6. The molecule has 14 nitrogen and oxygen atoms in total. The Morgan fingerprint density at radius 2 is 2.18 bits per heavy atom. The maximum absolute atomic E-state index is 13.1. The molecule has 2 fully saturated rings. The number of fused-ring (bicyclic) bond motifs is 2. The molecule has 0 aromatic carbocycles. The van der Waals surface area contributed by atoms with Crippen LogP contribution in [-0.2, 0) is 27.6 Å². The number of phosphoric ester groups is 1. The van der Waals surface area contributed by atoms with E-state index in [1.807, 2.05) is 13.8 Å². The minimum Gasteiger partial charge on any atom is -0.476 e. The van der Waals surface area contributed by atoms with Crippen molar-refractivity contribution < 1.29 is 37.1 Å². The fourth-order valence-corrected chi connectivity index (χ4v) is 5.42. The van der Waals surface area contributed by atoms with E-state index in [2.05, 4.69) is 20.3 Å². The highest BCUT2D eigenvalue weighted by atomic mass is 31.2. The summed E-state index contributed by atoms with van der Waals surface area (Å²) in [6.45, 7) is 7.67. The van der Waals surface area contributed by atoms with E-state index in [1.54, 1.807) is 24.7 Å². The highest BCUT2D eigenvalue weighted by Gasteiger charge is 2.52. The number of hydrogen-bond donors (Lipinski definition) is 2. The van der Waals surface area contributed by atoms with Gasteiger partial charge in [0.05, 0.1) is 38.8 Å². The lowest BCUT2D eigenvalue weighted by Gasteiger charge is -2.31. The van der Waals surface area contributed by atoms with E-state index in [1.165, 1.54) is 0 Å². The second kappa shape index (κ2) is 10.0. The van der Waals surface area contributed by atoms with Gasteiger partial charge in [-0.1, -0.05) is 6.92 Å². The Bertz CT molecular complexity index is 1080. The van der Waals surface area contributed by atoms with Gasteiger partial charge < -0.3 is 25.3 Å². The molecule has 0 unspecified atom stereocenters. The highest BCUT2D eigenvalue weighted by molar-refractivity contribution is 7.48. The molecule has 0 aliphatic carbocycles. The second-order valence-corrected chi connectivity index (χ2v) is 9.56. The van der Waals surface area contributed by atoms with Crippen molar-refractivity contribution in [3.05, 3.63) is 6.33 Å². The molecule has 15 heteroatoms. The number of nitrogens with two attached hydrogens (primary N) is 1. The van der Waals surface area contributed by atoms with Gasteiger partial charge >= 0.3 is 13.9 Å². The van der Waals surface area contributed by atoms with Gasteiger partial charge in [0.25, 0.3) is 0 Å². The van der Waals surface area contributed by atoms with Gasteiger partial charge in [-0.15, -0.1) is 0 Å². The number of nitrogen functional groups attached to an aromatic ring is 1. The molecule has 0 saturated carbocycles. The Hall–Kier alpha value is -2.51. The molecule has 2 saturated heterocycles. The van der Waals surface area contributed by atoms with Crippen LogP contribution < -0.4 is 15.8 Å². The van der Waals surface area contributed by atoms with Gasteiger partial charge in [-0.3, -0.25) is 18.1 Å². The van der Waals surface area contributed by atoms with E-state index in [0.29, 0.717) is 17.8 Å². The number of hydrogen-bond acceptors (Lipinski definition) is 12. The number of ether oxygens (including phenoxy) is 3. The maximum atomic E-state index is 13.1. The number of carbonyl (C=O) groups is 1. The van der Waals surface area contributed by atoms with E-state index >= 15 is 0 Å². The monoisotopic (exact) mass is 500 g/mol. The van der Waals surface area contributed by atoms with Crippen LogP contribution in [0.2, 0.25) is 0 Å². The first-order chi connectivity index (χ1) is 16.2. The van der Waals surface area contributed by atoms with E-state index < -0.39 is 38.4 Å². The van der Waals surface area contributed by atoms with Crippen molar-refractivity contribution in [1.29, 1.82) is 0 Å². The summed E-state index contributed by atoms with van der Waals surface area (Å²) in [5.41, 5.74) is 6.76. The van der Waals surface area contributed by atoms with E-state index in [0.717, 1.165) is 0 Å². The Labute approximate surface area is 196 Å². The maximum Gasteiger partial charge on any atom is 0.475 e. The summed E-state index contributed by atoms with van der Waals surface area (Å²) in [6.07, 6.45) is -0.611. The molecule has 34 heavy (non-hydrogen) atoms. The van der Waals surface area contributed by atoms with Crippen molar-refractivity contribution in [3.8, 4) is 5.88 Å². The highest BCUT2D eigenvalue weighted by Crippen LogP contribution is 2.58. The molecule has 2 aliphatic rings. The lowest BCUT2D eigenvalue weighted by molar-refractivity contribution is -0.0710. The van der Waals surface area contributed by atoms with Crippen LogP contribution in [0.25, 0.3) is 11.2 Å². The molecule has 2 aromatic rings. The SMILES string of the molecule is CCOC(=O)N[C@@H](C)CO[P@]1(=O)OC[C@H]2O[C@@H](n3cnc4c(OCC)nc(N)nc43)[C@@H](C)[C@@H]2O1. The van der Waals surface area contributed by atoms with Crippen LogP contribution in [0.15, 0.2) is 6.33 Å². The molecule has 4 heterocycles. The predicted molar refractivity (Wildman–Crippen MR) is 118 cm³/mol. The third-order valence-electron chi connectivity index (χ3n) is 5.38. The zero-order chi connectivity index (χ0) is 24.5. The standard InChI is InChI=1S/C19H29N6O8P/c1-5-28-16-13-15(23-18(20)24-16)25(9-21-13)17-11(4)14-12(32-17)8-31-34(27,33-14)30-7-10(3)22-19(26)29-6-2/h9-12,14,17H,5-8H2,1-4H3,(H,22,26)(H2,20,23,24)/t10-,11-,12+,14-,17+,34+/m0/s1. The van der Waals surface area contributed by atoms with Crippen molar-refractivity contribution in [2.75, 3.05) is 32.2 Å². The van der Waals surface area contributed by atoms with Gasteiger partial charge in [-0.05, 0) is 20.8 Å². The molecule has 6 atom stereocenters. The normalized spacial score (nSPS) is 29.5. The molecule has 1 amide bonds. The number of aromatic nitrogens is 4. The van der Waals surface area contributed by atoms with Crippen LogP contribution in [0.4, 0.5) is 10.7 Å². The number of carbonyl (C=O) groups excluding carboxylic acids is 1. The van der Waals surface area contributed by atoms with Crippen molar-refractivity contribution in [1.82, 2.24) is 24.8 Å². The Morgan fingerprint density at radius 3 is 2.91 bits per heavy atom. The van der Waals surface area contributed by atoms with Crippen molar-refractivity contribution in [3.63, 3.8) is 0 Å². The number of amides is 1. The summed E-state index contributed by atoms with van der Waals surface area (Å²) >= 11 is 0. The van der Waals surface area contributed by atoms with Crippen LogP contribution in [0.1, 0.15) is 33.9 Å².